The lowest BCUT2D eigenvalue weighted by atomic mass is 9.79. The molecule has 1 saturated carbocycles. The number of aromatic nitrogens is 1. The van der Waals surface area contributed by atoms with E-state index in [4.69, 9.17) is 4.42 Å². The van der Waals surface area contributed by atoms with Crippen molar-refractivity contribution >= 4 is 15.7 Å². The number of oxazole rings is 1. The van der Waals surface area contributed by atoms with E-state index in [0.717, 1.165) is 19.3 Å². The lowest BCUT2D eigenvalue weighted by Gasteiger charge is -2.43. The van der Waals surface area contributed by atoms with Crippen molar-refractivity contribution in [3.05, 3.63) is 17.3 Å². The Bertz CT molecular complexity index is 704. The Labute approximate surface area is 137 Å². The molecule has 6 nitrogen and oxygen atoms in total. The van der Waals surface area contributed by atoms with Crippen LogP contribution in [0, 0.1) is 12.8 Å². The van der Waals surface area contributed by atoms with Gasteiger partial charge in [-0.25, -0.2) is 13.4 Å². The summed E-state index contributed by atoms with van der Waals surface area (Å²) in [5.74, 6) is 1.11. The van der Waals surface area contributed by atoms with E-state index in [0.29, 0.717) is 17.5 Å². The monoisotopic (exact) mass is 340 g/mol. The summed E-state index contributed by atoms with van der Waals surface area (Å²) in [7, 11) is -3.06. The number of amides is 1. The molecule has 1 aliphatic heterocycles. The van der Waals surface area contributed by atoms with Gasteiger partial charge in [0.1, 0.15) is 0 Å². The highest BCUT2D eigenvalue weighted by Crippen LogP contribution is 2.35. The number of carbonyl (C=O) groups is 1. The predicted octanol–water partition coefficient (Wildman–Crippen LogP) is 2.15. The summed E-state index contributed by atoms with van der Waals surface area (Å²) < 4.78 is 29.7. The van der Waals surface area contributed by atoms with Gasteiger partial charge in [0, 0.05) is 18.5 Å². The highest BCUT2D eigenvalue weighted by molar-refractivity contribution is 7.91. The molecule has 128 valence electrons. The van der Waals surface area contributed by atoms with Gasteiger partial charge >= 0.3 is 0 Å². The molecule has 0 N–H and O–H groups in total. The minimum atomic E-state index is -3.06. The fourth-order valence-electron chi connectivity index (χ4n) is 3.30. The van der Waals surface area contributed by atoms with Crippen molar-refractivity contribution in [2.24, 2.45) is 5.92 Å². The Morgan fingerprint density at radius 2 is 2.04 bits per heavy atom. The maximum absolute atomic E-state index is 12.9. The number of carbonyl (C=O) groups excluding carboxylic acids is 1. The fraction of sp³-hybridized carbons (Fsp3) is 0.750. The van der Waals surface area contributed by atoms with Crippen molar-refractivity contribution in [3.63, 3.8) is 0 Å². The van der Waals surface area contributed by atoms with Gasteiger partial charge in [-0.15, -0.1) is 0 Å². The molecule has 7 heteroatoms. The van der Waals surface area contributed by atoms with E-state index >= 15 is 0 Å². The Morgan fingerprint density at radius 1 is 1.35 bits per heavy atom. The second kappa shape index (κ2) is 5.92. The van der Waals surface area contributed by atoms with Crippen LogP contribution in [0.25, 0.3) is 0 Å². The van der Waals surface area contributed by atoms with Crippen molar-refractivity contribution in [1.82, 2.24) is 9.88 Å². The minimum absolute atomic E-state index is 0.0339. The quantitative estimate of drug-likeness (QED) is 0.842. The van der Waals surface area contributed by atoms with E-state index in [1.807, 2.05) is 13.8 Å². The zero-order valence-electron chi connectivity index (χ0n) is 13.9. The SMILES string of the molecule is Cc1nc(C(C)C)oc1C(=O)N1CCS(=O)(=O)CC1C1CCC1. The van der Waals surface area contributed by atoms with Gasteiger partial charge in [0.25, 0.3) is 5.91 Å². The largest absolute Gasteiger partial charge is 0.435 e. The number of rotatable bonds is 3. The van der Waals surface area contributed by atoms with E-state index in [1.165, 1.54) is 0 Å². The van der Waals surface area contributed by atoms with Gasteiger partial charge < -0.3 is 9.32 Å². The standard InChI is InChI=1S/C16H24N2O4S/c1-10(2)15-17-11(3)14(22-15)16(19)18-7-8-23(20,21)9-13(18)12-5-4-6-12/h10,12-13H,4-9H2,1-3H3. The average molecular weight is 340 g/mol. The Morgan fingerprint density at radius 3 is 2.57 bits per heavy atom. The Balaban J connectivity index is 1.87. The smallest absolute Gasteiger partial charge is 0.291 e. The van der Waals surface area contributed by atoms with Gasteiger partial charge in [0.05, 0.1) is 17.2 Å². The van der Waals surface area contributed by atoms with Crippen molar-refractivity contribution in [3.8, 4) is 0 Å². The number of sulfone groups is 1. The predicted molar refractivity (Wildman–Crippen MR) is 86.1 cm³/mol. The van der Waals surface area contributed by atoms with Gasteiger partial charge in [-0.2, -0.15) is 0 Å². The Hall–Kier alpha value is -1.37. The summed E-state index contributed by atoms with van der Waals surface area (Å²) in [6.07, 6.45) is 3.11. The molecule has 2 fully saturated rings. The third-order valence-electron chi connectivity index (χ3n) is 4.92. The molecule has 3 rings (SSSR count). The first-order valence-electron chi connectivity index (χ1n) is 8.27. The van der Waals surface area contributed by atoms with Crippen LogP contribution in [0.2, 0.25) is 0 Å². The molecule has 1 saturated heterocycles. The van der Waals surface area contributed by atoms with Gasteiger partial charge in [0.15, 0.2) is 15.7 Å². The molecule has 23 heavy (non-hydrogen) atoms. The topological polar surface area (TPSA) is 80.5 Å². The number of aryl methyl sites for hydroxylation is 1. The Kier molecular flexibility index (Phi) is 4.25. The zero-order valence-corrected chi connectivity index (χ0v) is 14.7. The molecule has 2 aliphatic rings. The molecule has 1 aliphatic carbocycles. The molecule has 0 spiro atoms. The first-order valence-corrected chi connectivity index (χ1v) is 10.1. The molecule has 1 aromatic rings. The summed E-state index contributed by atoms with van der Waals surface area (Å²) >= 11 is 0. The van der Waals surface area contributed by atoms with Crippen LogP contribution in [-0.4, -0.2) is 48.3 Å². The first kappa shape index (κ1) is 16.5. The van der Waals surface area contributed by atoms with Crippen LogP contribution >= 0.6 is 0 Å². The number of nitrogens with zero attached hydrogens (tertiary/aromatic N) is 2. The summed E-state index contributed by atoms with van der Waals surface area (Å²) in [5, 5.41) is 0. The second-order valence-electron chi connectivity index (χ2n) is 6.99. The van der Waals surface area contributed by atoms with Crippen LogP contribution in [0.3, 0.4) is 0 Å². The van der Waals surface area contributed by atoms with Crippen LogP contribution < -0.4 is 0 Å². The normalized spacial score (nSPS) is 24.7. The molecule has 2 heterocycles. The van der Waals surface area contributed by atoms with Crippen LogP contribution in [0.1, 0.15) is 61.2 Å². The van der Waals surface area contributed by atoms with Gasteiger partial charge in [-0.05, 0) is 25.7 Å². The molecule has 1 unspecified atom stereocenters. The van der Waals surface area contributed by atoms with E-state index < -0.39 is 9.84 Å². The summed E-state index contributed by atoms with van der Waals surface area (Å²) in [4.78, 5) is 19.0. The van der Waals surface area contributed by atoms with E-state index in [2.05, 4.69) is 4.98 Å². The second-order valence-corrected chi connectivity index (χ2v) is 9.22. The third kappa shape index (κ3) is 3.16. The van der Waals surface area contributed by atoms with Crippen LogP contribution in [0.4, 0.5) is 0 Å². The van der Waals surface area contributed by atoms with Crippen molar-refractivity contribution in [2.45, 2.75) is 52.0 Å². The third-order valence-corrected chi connectivity index (χ3v) is 6.58. The first-order chi connectivity index (χ1) is 10.8. The summed E-state index contributed by atoms with van der Waals surface area (Å²) in [6, 6.07) is -0.220. The van der Waals surface area contributed by atoms with Crippen LogP contribution in [0.5, 0.6) is 0 Å². The van der Waals surface area contributed by atoms with Gasteiger partial charge in [-0.3, -0.25) is 4.79 Å². The van der Waals surface area contributed by atoms with Crippen LogP contribution in [0.15, 0.2) is 4.42 Å². The van der Waals surface area contributed by atoms with Crippen LogP contribution in [-0.2, 0) is 9.84 Å². The van der Waals surface area contributed by atoms with E-state index in [1.54, 1.807) is 11.8 Å². The molecular formula is C16H24N2O4S. The highest BCUT2D eigenvalue weighted by Gasteiger charge is 2.42. The minimum Gasteiger partial charge on any atom is -0.435 e. The summed E-state index contributed by atoms with van der Waals surface area (Å²) in [6.45, 7) is 5.94. The van der Waals surface area contributed by atoms with Crippen molar-refractivity contribution in [1.29, 1.82) is 0 Å². The molecule has 1 atom stereocenters. The van der Waals surface area contributed by atoms with E-state index in [9.17, 15) is 13.2 Å². The summed E-state index contributed by atoms with van der Waals surface area (Å²) in [5.41, 5.74) is 0.583. The lowest BCUT2D eigenvalue weighted by molar-refractivity contribution is 0.0529. The van der Waals surface area contributed by atoms with Crippen molar-refractivity contribution < 1.29 is 17.6 Å². The highest BCUT2D eigenvalue weighted by atomic mass is 32.2. The molecule has 0 aromatic carbocycles. The zero-order chi connectivity index (χ0) is 16.8. The number of hydrogen-bond acceptors (Lipinski definition) is 5. The number of hydrogen-bond donors (Lipinski definition) is 0. The molecule has 0 bridgehead atoms. The maximum Gasteiger partial charge on any atom is 0.291 e. The lowest BCUT2D eigenvalue weighted by Crippen LogP contribution is -2.55. The molecule has 1 amide bonds. The average Bonchev–Trinajstić information content (AvgIpc) is 2.77. The van der Waals surface area contributed by atoms with Crippen molar-refractivity contribution in [2.75, 3.05) is 18.1 Å². The van der Waals surface area contributed by atoms with E-state index in [-0.39, 0.29) is 41.7 Å². The molecule has 0 radical (unpaired) electrons. The van der Waals surface area contributed by atoms with Gasteiger partial charge in [0.2, 0.25) is 5.76 Å². The van der Waals surface area contributed by atoms with Gasteiger partial charge in [-0.1, -0.05) is 20.3 Å². The molecule has 1 aromatic heterocycles. The fourth-order valence-corrected chi connectivity index (χ4v) is 4.91. The maximum atomic E-state index is 12.9. The molecular weight excluding hydrogens is 316 g/mol.